The van der Waals surface area contributed by atoms with Crippen molar-refractivity contribution in [3.63, 3.8) is 0 Å². The van der Waals surface area contributed by atoms with Gasteiger partial charge in [-0.15, -0.1) is 0 Å². The number of aromatic nitrogens is 3. The summed E-state index contributed by atoms with van der Waals surface area (Å²) in [6.07, 6.45) is 6.50. The van der Waals surface area contributed by atoms with Crippen LogP contribution in [0.25, 0.3) is 0 Å². The summed E-state index contributed by atoms with van der Waals surface area (Å²) in [6, 6.07) is 4.12. The number of pyridine rings is 1. The highest BCUT2D eigenvalue weighted by Gasteiger charge is 2.15. The molecule has 0 aromatic carbocycles. The Morgan fingerprint density at radius 3 is 2.75 bits per heavy atom. The van der Waals surface area contributed by atoms with Gasteiger partial charge in [-0.05, 0) is 25.0 Å². The number of amides is 1. The second-order valence-electron chi connectivity index (χ2n) is 6.44. The molecule has 2 N–H and O–H groups in total. The van der Waals surface area contributed by atoms with Gasteiger partial charge >= 0.3 is 0 Å². The van der Waals surface area contributed by atoms with E-state index < -0.39 is 0 Å². The monoisotopic (exact) mass is 329 g/mol. The van der Waals surface area contributed by atoms with Gasteiger partial charge in [0.15, 0.2) is 5.82 Å². The van der Waals surface area contributed by atoms with Crippen LogP contribution in [0.5, 0.6) is 0 Å². The summed E-state index contributed by atoms with van der Waals surface area (Å²) < 4.78 is 5.11. The molecule has 128 valence electrons. The average Bonchev–Trinajstić information content (AvgIpc) is 3.25. The van der Waals surface area contributed by atoms with Gasteiger partial charge in [-0.25, -0.2) is 4.98 Å². The number of hydrogen-bond donors (Lipinski definition) is 2. The Bertz CT molecular complexity index is 675. The number of carbonyl (C=O) groups is 1. The van der Waals surface area contributed by atoms with Crippen LogP contribution in [0.15, 0.2) is 22.9 Å². The van der Waals surface area contributed by atoms with Crippen LogP contribution in [0.2, 0.25) is 0 Å². The maximum absolute atomic E-state index is 12.2. The summed E-state index contributed by atoms with van der Waals surface area (Å²) in [5.74, 6) is 1.83. The second kappa shape index (κ2) is 7.42. The van der Waals surface area contributed by atoms with Crippen molar-refractivity contribution in [3.05, 3.63) is 35.6 Å². The number of carbonyl (C=O) groups excluding carboxylic acids is 1. The van der Waals surface area contributed by atoms with Gasteiger partial charge in [-0.2, -0.15) is 4.98 Å². The summed E-state index contributed by atoms with van der Waals surface area (Å²) in [6.45, 7) is 4.18. The SMILES string of the molecule is CC(C)c1nc(CNC(=O)c2ccc(NC3CCCC3)nc2)no1. The molecule has 3 rings (SSSR count). The molecule has 0 spiro atoms. The van der Waals surface area contributed by atoms with Gasteiger partial charge in [-0.1, -0.05) is 31.8 Å². The topological polar surface area (TPSA) is 92.9 Å². The number of nitrogens with one attached hydrogen (secondary N) is 2. The van der Waals surface area contributed by atoms with Crippen molar-refractivity contribution in [3.8, 4) is 0 Å². The first-order valence-electron chi connectivity index (χ1n) is 8.45. The molecule has 0 radical (unpaired) electrons. The van der Waals surface area contributed by atoms with E-state index in [0.717, 1.165) is 5.82 Å². The van der Waals surface area contributed by atoms with Crippen molar-refractivity contribution in [2.45, 2.75) is 58.0 Å². The largest absolute Gasteiger partial charge is 0.367 e. The van der Waals surface area contributed by atoms with E-state index in [-0.39, 0.29) is 18.4 Å². The molecule has 1 amide bonds. The molecule has 1 saturated carbocycles. The van der Waals surface area contributed by atoms with Gasteiger partial charge in [0, 0.05) is 18.2 Å². The van der Waals surface area contributed by atoms with Gasteiger partial charge in [0.05, 0.1) is 12.1 Å². The van der Waals surface area contributed by atoms with Crippen LogP contribution in [0.4, 0.5) is 5.82 Å². The lowest BCUT2D eigenvalue weighted by atomic mass is 10.2. The molecule has 7 heteroatoms. The van der Waals surface area contributed by atoms with E-state index in [0.29, 0.717) is 23.3 Å². The Labute approximate surface area is 141 Å². The summed E-state index contributed by atoms with van der Waals surface area (Å²) in [5.41, 5.74) is 0.513. The standard InChI is InChI=1S/C17H23N5O2/c1-11(2)17-21-15(22-24-17)10-19-16(23)12-7-8-14(18-9-12)20-13-5-3-4-6-13/h7-9,11,13H,3-6,10H2,1-2H3,(H,18,20)(H,19,23). The number of rotatable bonds is 6. The maximum atomic E-state index is 12.2. The first kappa shape index (κ1) is 16.4. The lowest BCUT2D eigenvalue weighted by molar-refractivity contribution is 0.0949. The summed E-state index contributed by atoms with van der Waals surface area (Å²) in [4.78, 5) is 20.7. The Hall–Kier alpha value is -2.44. The van der Waals surface area contributed by atoms with E-state index in [2.05, 4.69) is 25.8 Å². The van der Waals surface area contributed by atoms with Crippen LogP contribution < -0.4 is 10.6 Å². The third-order valence-electron chi connectivity index (χ3n) is 4.12. The number of hydrogen-bond acceptors (Lipinski definition) is 6. The molecule has 0 saturated heterocycles. The molecule has 1 fully saturated rings. The third kappa shape index (κ3) is 4.10. The first-order chi connectivity index (χ1) is 11.6. The molecule has 0 bridgehead atoms. The minimum atomic E-state index is -0.203. The lowest BCUT2D eigenvalue weighted by Crippen LogP contribution is -2.23. The first-order valence-corrected chi connectivity index (χ1v) is 8.45. The van der Waals surface area contributed by atoms with Crippen LogP contribution in [0, 0.1) is 0 Å². The Morgan fingerprint density at radius 2 is 2.12 bits per heavy atom. The zero-order valence-corrected chi connectivity index (χ0v) is 14.1. The predicted molar refractivity (Wildman–Crippen MR) is 89.7 cm³/mol. The lowest BCUT2D eigenvalue weighted by Gasteiger charge is -2.12. The molecule has 1 aliphatic rings. The fraction of sp³-hybridized carbons (Fsp3) is 0.529. The minimum Gasteiger partial charge on any atom is -0.367 e. The van der Waals surface area contributed by atoms with Crippen LogP contribution in [-0.2, 0) is 6.54 Å². The van der Waals surface area contributed by atoms with E-state index in [4.69, 9.17) is 4.52 Å². The van der Waals surface area contributed by atoms with Crippen LogP contribution >= 0.6 is 0 Å². The molecule has 2 aromatic rings. The van der Waals surface area contributed by atoms with Crippen LogP contribution in [-0.4, -0.2) is 27.1 Å². The molecule has 0 atom stereocenters. The van der Waals surface area contributed by atoms with Crippen molar-refractivity contribution >= 4 is 11.7 Å². The molecular formula is C17H23N5O2. The molecule has 7 nitrogen and oxygen atoms in total. The summed E-state index contributed by atoms with van der Waals surface area (Å²) >= 11 is 0. The van der Waals surface area contributed by atoms with E-state index in [1.807, 2.05) is 19.9 Å². The van der Waals surface area contributed by atoms with Gasteiger partial charge in [0.25, 0.3) is 5.91 Å². The van der Waals surface area contributed by atoms with Crippen molar-refractivity contribution in [2.24, 2.45) is 0 Å². The number of nitrogens with zero attached hydrogens (tertiary/aromatic N) is 3. The molecule has 0 aliphatic heterocycles. The van der Waals surface area contributed by atoms with Gasteiger partial charge in [0.2, 0.25) is 5.89 Å². The smallest absolute Gasteiger partial charge is 0.253 e. The highest BCUT2D eigenvalue weighted by atomic mass is 16.5. The Balaban J connectivity index is 1.52. The van der Waals surface area contributed by atoms with Crippen LogP contribution in [0.1, 0.15) is 67.5 Å². The van der Waals surface area contributed by atoms with Crippen molar-refractivity contribution in [1.29, 1.82) is 0 Å². The van der Waals surface area contributed by atoms with Crippen molar-refractivity contribution in [2.75, 3.05) is 5.32 Å². The normalized spacial score (nSPS) is 15.0. The zero-order valence-electron chi connectivity index (χ0n) is 14.1. The van der Waals surface area contributed by atoms with E-state index in [1.165, 1.54) is 25.7 Å². The second-order valence-corrected chi connectivity index (χ2v) is 6.44. The minimum absolute atomic E-state index is 0.172. The Morgan fingerprint density at radius 1 is 1.33 bits per heavy atom. The molecule has 0 unspecified atom stereocenters. The van der Waals surface area contributed by atoms with Crippen LogP contribution in [0.3, 0.4) is 0 Å². The molecule has 1 aliphatic carbocycles. The fourth-order valence-electron chi connectivity index (χ4n) is 2.73. The fourth-order valence-corrected chi connectivity index (χ4v) is 2.73. The van der Waals surface area contributed by atoms with Gasteiger partial charge in [-0.3, -0.25) is 4.79 Å². The summed E-state index contributed by atoms with van der Waals surface area (Å²) in [5, 5.41) is 10.0. The van der Waals surface area contributed by atoms with Gasteiger partial charge < -0.3 is 15.2 Å². The van der Waals surface area contributed by atoms with Crippen molar-refractivity contribution in [1.82, 2.24) is 20.4 Å². The average molecular weight is 329 g/mol. The summed E-state index contributed by atoms with van der Waals surface area (Å²) in [7, 11) is 0. The molecule has 2 aromatic heterocycles. The number of anilines is 1. The van der Waals surface area contributed by atoms with E-state index >= 15 is 0 Å². The quantitative estimate of drug-likeness (QED) is 0.846. The molecule has 2 heterocycles. The Kier molecular flexibility index (Phi) is 5.08. The van der Waals surface area contributed by atoms with Gasteiger partial charge in [0.1, 0.15) is 5.82 Å². The predicted octanol–water partition coefficient (Wildman–Crippen LogP) is 2.87. The maximum Gasteiger partial charge on any atom is 0.253 e. The third-order valence-corrected chi connectivity index (χ3v) is 4.12. The zero-order chi connectivity index (χ0) is 16.9. The molecular weight excluding hydrogens is 306 g/mol. The highest BCUT2D eigenvalue weighted by molar-refractivity contribution is 5.93. The molecule has 24 heavy (non-hydrogen) atoms. The van der Waals surface area contributed by atoms with E-state index in [9.17, 15) is 4.79 Å². The highest BCUT2D eigenvalue weighted by Crippen LogP contribution is 2.21. The van der Waals surface area contributed by atoms with E-state index in [1.54, 1.807) is 12.3 Å². The van der Waals surface area contributed by atoms with Crippen molar-refractivity contribution < 1.29 is 9.32 Å².